The summed E-state index contributed by atoms with van der Waals surface area (Å²) in [5.74, 6) is 0. The summed E-state index contributed by atoms with van der Waals surface area (Å²) in [4.78, 5) is 0. The van der Waals surface area contributed by atoms with Gasteiger partial charge in [0, 0.05) is 12.1 Å². The van der Waals surface area contributed by atoms with E-state index in [4.69, 9.17) is 11.6 Å². The Labute approximate surface area is 55.7 Å². The minimum atomic E-state index is 0.903. The van der Waals surface area contributed by atoms with Gasteiger partial charge in [-0.05, 0) is 19.0 Å². The van der Waals surface area contributed by atoms with Gasteiger partial charge in [-0.25, -0.2) is 0 Å². The molecule has 0 atom stereocenters. The Kier molecular flexibility index (Phi) is 5.13. The van der Waals surface area contributed by atoms with Crippen molar-refractivity contribution in [3.63, 3.8) is 0 Å². The number of halogens is 1. The van der Waals surface area contributed by atoms with Crippen LogP contribution < -0.4 is 5.32 Å². The van der Waals surface area contributed by atoms with E-state index in [2.05, 4.69) is 12.2 Å². The molecule has 1 N–H and O–H groups in total. The van der Waals surface area contributed by atoms with Crippen LogP contribution >= 0.6 is 11.6 Å². The maximum absolute atomic E-state index is 5.39. The SMILES string of the molecule is CCNC/C(C)=C/Cl. The van der Waals surface area contributed by atoms with E-state index in [1.165, 1.54) is 5.57 Å². The Bertz CT molecular complexity index is 78.6. The van der Waals surface area contributed by atoms with Crippen LogP contribution in [0.4, 0.5) is 0 Å². The van der Waals surface area contributed by atoms with Gasteiger partial charge in [0.25, 0.3) is 0 Å². The molecule has 0 saturated carbocycles. The van der Waals surface area contributed by atoms with Crippen molar-refractivity contribution >= 4 is 11.6 Å². The first-order valence-electron chi connectivity index (χ1n) is 2.77. The standard InChI is InChI=1S/C6H12ClN/c1-3-8-5-6(2)4-7/h4,8H,3,5H2,1-2H3/b6-4+. The third-order valence-corrected chi connectivity index (χ3v) is 1.21. The molecule has 2 heteroatoms. The fraction of sp³-hybridized carbons (Fsp3) is 0.667. The zero-order valence-electron chi connectivity index (χ0n) is 5.37. The fourth-order valence-electron chi connectivity index (χ4n) is 0.361. The quantitative estimate of drug-likeness (QED) is 0.619. The van der Waals surface area contributed by atoms with Gasteiger partial charge in [-0.1, -0.05) is 18.5 Å². The lowest BCUT2D eigenvalue weighted by Crippen LogP contribution is -2.14. The summed E-state index contributed by atoms with van der Waals surface area (Å²) >= 11 is 5.39. The fourth-order valence-corrected chi connectivity index (χ4v) is 0.438. The molecule has 0 unspecified atom stereocenters. The Morgan fingerprint density at radius 1 is 1.75 bits per heavy atom. The van der Waals surface area contributed by atoms with Crippen molar-refractivity contribution in [3.8, 4) is 0 Å². The zero-order chi connectivity index (χ0) is 6.41. The van der Waals surface area contributed by atoms with Crippen molar-refractivity contribution < 1.29 is 0 Å². The van der Waals surface area contributed by atoms with Crippen LogP contribution in [0.5, 0.6) is 0 Å². The Hall–Kier alpha value is -0.0100. The number of hydrogen-bond acceptors (Lipinski definition) is 1. The highest BCUT2D eigenvalue weighted by Gasteiger charge is 1.82. The molecular formula is C6H12ClN. The third kappa shape index (κ3) is 4.16. The number of likely N-dealkylation sites (N-methyl/N-ethyl adjacent to an activating group) is 1. The predicted octanol–water partition coefficient (Wildman–Crippen LogP) is 1.74. The summed E-state index contributed by atoms with van der Waals surface area (Å²) in [6.45, 7) is 5.97. The highest BCUT2D eigenvalue weighted by Crippen LogP contribution is 1.90. The Balaban J connectivity index is 3.12. The average Bonchev–Trinajstić information content (AvgIpc) is 1.83. The van der Waals surface area contributed by atoms with Crippen LogP contribution in [0.15, 0.2) is 11.1 Å². The van der Waals surface area contributed by atoms with Gasteiger partial charge in [0.05, 0.1) is 0 Å². The second kappa shape index (κ2) is 5.13. The van der Waals surface area contributed by atoms with E-state index >= 15 is 0 Å². The molecule has 0 rings (SSSR count). The van der Waals surface area contributed by atoms with Crippen LogP contribution in [0.2, 0.25) is 0 Å². The molecule has 0 heterocycles. The minimum absolute atomic E-state index is 0.903. The molecule has 0 saturated heterocycles. The minimum Gasteiger partial charge on any atom is -0.313 e. The van der Waals surface area contributed by atoms with Crippen LogP contribution in [0.1, 0.15) is 13.8 Å². The molecule has 8 heavy (non-hydrogen) atoms. The molecule has 0 radical (unpaired) electrons. The molecule has 0 bridgehead atoms. The van der Waals surface area contributed by atoms with E-state index in [0.29, 0.717) is 0 Å². The van der Waals surface area contributed by atoms with Gasteiger partial charge < -0.3 is 5.32 Å². The lowest BCUT2D eigenvalue weighted by molar-refractivity contribution is 0.777. The molecule has 0 aliphatic carbocycles. The van der Waals surface area contributed by atoms with Crippen molar-refractivity contribution in [1.29, 1.82) is 0 Å². The maximum Gasteiger partial charge on any atom is 0.0173 e. The van der Waals surface area contributed by atoms with Crippen LogP contribution in [0.3, 0.4) is 0 Å². The molecule has 0 aromatic heterocycles. The number of rotatable bonds is 3. The number of hydrogen-bond donors (Lipinski definition) is 1. The predicted molar refractivity (Wildman–Crippen MR) is 38.2 cm³/mol. The lowest BCUT2D eigenvalue weighted by Gasteiger charge is -1.97. The zero-order valence-corrected chi connectivity index (χ0v) is 6.13. The van der Waals surface area contributed by atoms with E-state index in [1.807, 2.05) is 6.92 Å². The van der Waals surface area contributed by atoms with Gasteiger partial charge >= 0.3 is 0 Å². The highest BCUT2D eigenvalue weighted by atomic mass is 35.5. The van der Waals surface area contributed by atoms with Gasteiger partial charge in [0.15, 0.2) is 0 Å². The Morgan fingerprint density at radius 2 is 2.38 bits per heavy atom. The molecule has 0 aliphatic rings. The first-order valence-corrected chi connectivity index (χ1v) is 3.21. The normalized spacial score (nSPS) is 12.1. The number of nitrogens with one attached hydrogen (secondary N) is 1. The molecular weight excluding hydrogens is 122 g/mol. The van der Waals surface area contributed by atoms with Crippen LogP contribution in [-0.2, 0) is 0 Å². The molecule has 0 amide bonds. The molecule has 0 aromatic rings. The maximum atomic E-state index is 5.39. The molecule has 0 fully saturated rings. The Morgan fingerprint density at radius 3 is 2.75 bits per heavy atom. The van der Waals surface area contributed by atoms with Crippen molar-refractivity contribution in [1.82, 2.24) is 5.32 Å². The van der Waals surface area contributed by atoms with Gasteiger partial charge in [-0.3, -0.25) is 0 Å². The van der Waals surface area contributed by atoms with E-state index in [9.17, 15) is 0 Å². The van der Waals surface area contributed by atoms with E-state index in [-0.39, 0.29) is 0 Å². The van der Waals surface area contributed by atoms with Gasteiger partial charge in [0.2, 0.25) is 0 Å². The summed E-state index contributed by atoms with van der Waals surface area (Å²) in [6, 6.07) is 0. The third-order valence-electron chi connectivity index (χ3n) is 0.840. The smallest absolute Gasteiger partial charge is 0.0173 e. The summed E-state index contributed by atoms with van der Waals surface area (Å²) < 4.78 is 0. The van der Waals surface area contributed by atoms with Gasteiger partial charge in [-0.15, -0.1) is 0 Å². The van der Waals surface area contributed by atoms with Gasteiger partial charge in [-0.2, -0.15) is 0 Å². The van der Waals surface area contributed by atoms with Crippen molar-refractivity contribution in [2.24, 2.45) is 0 Å². The molecule has 48 valence electrons. The van der Waals surface area contributed by atoms with Crippen LogP contribution in [-0.4, -0.2) is 13.1 Å². The van der Waals surface area contributed by atoms with E-state index in [1.54, 1.807) is 5.54 Å². The van der Waals surface area contributed by atoms with Crippen LogP contribution in [0, 0.1) is 0 Å². The summed E-state index contributed by atoms with van der Waals surface area (Å²) in [7, 11) is 0. The first-order chi connectivity index (χ1) is 3.81. The molecule has 0 spiro atoms. The topological polar surface area (TPSA) is 12.0 Å². The average molecular weight is 134 g/mol. The van der Waals surface area contributed by atoms with Crippen molar-refractivity contribution in [2.75, 3.05) is 13.1 Å². The summed E-state index contributed by atoms with van der Waals surface area (Å²) in [5.41, 5.74) is 2.77. The van der Waals surface area contributed by atoms with Crippen molar-refractivity contribution in [3.05, 3.63) is 11.1 Å². The second-order valence-electron chi connectivity index (χ2n) is 1.74. The highest BCUT2D eigenvalue weighted by molar-refractivity contribution is 6.25. The second-order valence-corrected chi connectivity index (χ2v) is 1.95. The summed E-state index contributed by atoms with van der Waals surface area (Å²) in [6.07, 6.45) is 0. The van der Waals surface area contributed by atoms with E-state index in [0.717, 1.165) is 13.1 Å². The first kappa shape index (κ1) is 7.99. The molecule has 0 aromatic carbocycles. The van der Waals surface area contributed by atoms with Gasteiger partial charge in [0.1, 0.15) is 0 Å². The lowest BCUT2D eigenvalue weighted by atomic mass is 10.3. The summed E-state index contributed by atoms with van der Waals surface area (Å²) in [5, 5.41) is 3.15. The van der Waals surface area contributed by atoms with Crippen LogP contribution in [0.25, 0.3) is 0 Å². The molecule has 0 aliphatic heterocycles. The van der Waals surface area contributed by atoms with Crippen molar-refractivity contribution in [2.45, 2.75) is 13.8 Å². The largest absolute Gasteiger partial charge is 0.313 e. The van der Waals surface area contributed by atoms with E-state index < -0.39 is 0 Å². The monoisotopic (exact) mass is 133 g/mol. The molecule has 1 nitrogen and oxygen atoms in total.